The maximum absolute atomic E-state index is 5.40. The Morgan fingerprint density at radius 2 is 2.12 bits per heavy atom. The predicted octanol–water partition coefficient (Wildman–Crippen LogP) is 1.88. The summed E-state index contributed by atoms with van der Waals surface area (Å²) in [5.41, 5.74) is 0. The van der Waals surface area contributed by atoms with Crippen LogP contribution in [-0.4, -0.2) is 50.3 Å². The molecule has 0 aromatic rings. The Hall–Kier alpha value is -0.120. The molecule has 0 spiro atoms. The fourth-order valence-electron chi connectivity index (χ4n) is 2.27. The summed E-state index contributed by atoms with van der Waals surface area (Å²) < 4.78 is 5.40. The molecule has 1 rings (SSSR count). The second-order valence-corrected chi connectivity index (χ2v) is 4.57. The smallest absolute Gasteiger partial charge is 0.0593 e. The minimum atomic E-state index is 0.759. The largest absolute Gasteiger partial charge is 0.380 e. The normalized spacial score (nSPS) is 21.6. The highest BCUT2D eigenvalue weighted by Crippen LogP contribution is 2.10. The number of piperidine rings is 1. The van der Waals surface area contributed by atoms with E-state index in [0.717, 1.165) is 32.3 Å². The van der Waals surface area contributed by atoms with Crippen molar-refractivity contribution in [2.45, 2.75) is 45.6 Å². The Bertz CT molecular complexity index is 158. The summed E-state index contributed by atoms with van der Waals surface area (Å²) in [7, 11) is 0. The van der Waals surface area contributed by atoms with Gasteiger partial charge in [0.05, 0.1) is 6.61 Å². The van der Waals surface area contributed by atoms with Crippen molar-refractivity contribution >= 4 is 0 Å². The summed E-state index contributed by atoms with van der Waals surface area (Å²) in [4.78, 5) is 2.49. The van der Waals surface area contributed by atoms with Gasteiger partial charge in [0, 0.05) is 19.2 Å². The highest BCUT2D eigenvalue weighted by atomic mass is 16.5. The zero-order chi connectivity index (χ0) is 11.6. The van der Waals surface area contributed by atoms with Gasteiger partial charge in [-0.15, -0.1) is 0 Å². The minimum Gasteiger partial charge on any atom is -0.380 e. The van der Waals surface area contributed by atoms with Gasteiger partial charge in [-0.25, -0.2) is 0 Å². The van der Waals surface area contributed by atoms with Gasteiger partial charge in [0.25, 0.3) is 0 Å². The first-order valence-corrected chi connectivity index (χ1v) is 6.90. The van der Waals surface area contributed by atoms with E-state index in [4.69, 9.17) is 4.74 Å². The average Bonchev–Trinajstić information content (AvgIpc) is 2.35. The van der Waals surface area contributed by atoms with Crippen LogP contribution in [0.15, 0.2) is 0 Å². The summed E-state index contributed by atoms with van der Waals surface area (Å²) in [5, 5.41) is 3.61. The van der Waals surface area contributed by atoms with E-state index in [1.165, 1.54) is 38.8 Å². The van der Waals surface area contributed by atoms with Crippen molar-refractivity contribution in [1.82, 2.24) is 10.2 Å². The van der Waals surface area contributed by atoms with E-state index in [9.17, 15) is 0 Å². The van der Waals surface area contributed by atoms with Crippen molar-refractivity contribution in [2.24, 2.45) is 0 Å². The van der Waals surface area contributed by atoms with Gasteiger partial charge in [-0.2, -0.15) is 0 Å². The first kappa shape index (κ1) is 13.9. The third-order valence-corrected chi connectivity index (χ3v) is 3.41. The Morgan fingerprint density at radius 3 is 2.75 bits per heavy atom. The molecule has 1 N–H and O–H groups in total. The number of hydrogen-bond donors (Lipinski definition) is 1. The molecule has 0 bridgehead atoms. The standard InChI is InChI=1S/C13H28N2O/c1-3-15(11-12-16-4-2)10-8-13-7-5-6-9-14-13/h13-14H,3-12H2,1-2H3. The van der Waals surface area contributed by atoms with E-state index in [-0.39, 0.29) is 0 Å². The zero-order valence-corrected chi connectivity index (χ0v) is 11.0. The number of hydrogen-bond acceptors (Lipinski definition) is 3. The number of rotatable bonds is 8. The molecule has 16 heavy (non-hydrogen) atoms. The van der Waals surface area contributed by atoms with Gasteiger partial charge < -0.3 is 15.0 Å². The van der Waals surface area contributed by atoms with Crippen molar-refractivity contribution in [3.8, 4) is 0 Å². The molecule has 1 unspecified atom stereocenters. The molecule has 1 heterocycles. The summed E-state index contributed by atoms with van der Waals surface area (Å²) in [6.07, 6.45) is 5.42. The van der Waals surface area contributed by atoms with Crippen LogP contribution in [0, 0.1) is 0 Å². The molecule has 3 nitrogen and oxygen atoms in total. The molecule has 3 heteroatoms. The quantitative estimate of drug-likeness (QED) is 0.642. The highest BCUT2D eigenvalue weighted by molar-refractivity contribution is 4.73. The van der Waals surface area contributed by atoms with Crippen molar-refractivity contribution in [3.05, 3.63) is 0 Å². The van der Waals surface area contributed by atoms with E-state index in [1.54, 1.807) is 0 Å². The van der Waals surface area contributed by atoms with E-state index >= 15 is 0 Å². The monoisotopic (exact) mass is 228 g/mol. The topological polar surface area (TPSA) is 24.5 Å². The molecule has 0 aromatic heterocycles. The van der Waals surface area contributed by atoms with Crippen molar-refractivity contribution < 1.29 is 4.74 Å². The lowest BCUT2D eigenvalue weighted by Gasteiger charge is -2.27. The average molecular weight is 228 g/mol. The Morgan fingerprint density at radius 1 is 1.25 bits per heavy atom. The maximum atomic E-state index is 5.40. The van der Waals surface area contributed by atoms with Crippen LogP contribution in [0.4, 0.5) is 0 Å². The first-order chi connectivity index (χ1) is 7.86. The van der Waals surface area contributed by atoms with Gasteiger partial charge in [-0.3, -0.25) is 0 Å². The molecule has 0 aliphatic carbocycles. The molecule has 0 aromatic carbocycles. The van der Waals surface area contributed by atoms with E-state index < -0.39 is 0 Å². The van der Waals surface area contributed by atoms with Crippen LogP contribution in [0.25, 0.3) is 0 Å². The van der Waals surface area contributed by atoms with E-state index in [2.05, 4.69) is 24.1 Å². The third-order valence-electron chi connectivity index (χ3n) is 3.41. The van der Waals surface area contributed by atoms with Crippen LogP contribution < -0.4 is 5.32 Å². The Balaban J connectivity index is 2.07. The van der Waals surface area contributed by atoms with E-state index in [1.807, 2.05) is 0 Å². The molecule has 1 fully saturated rings. The van der Waals surface area contributed by atoms with Crippen LogP contribution in [0.5, 0.6) is 0 Å². The fourth-order valence-corrected chi connectivity index (χ4v) is 2.27. The third kappa shape index (κ3) is 5.83. The van der Waals surface area contributed by atoms with Crippen LogP contribution in [0.1, 0.15) is 39.5 Å². The maximum Gasteiger partial charge on any atom is 0.0593 e. The van der Waals surface area contributed by atoms with E-state index in [0.29, 0.717) is 0 Å². The van der Waals surface area contributed by atoms with Crippen LogP contribution in [0.3, 0.4) is 0 Å². The lowest BCUT2D eigenvalue weighted by Crippen LogP contribution is -2.38. The molecule has 0 saturated carbocycles. The predicted molar refractivity (Wildman–Crippen MR) is 68.9 cm³/mol. The lowest BCUT2D eigenvalue weighted by molar-refractivity contribution is 0.113. The molecule has 1 atom stereocenters. The number of nitrogens with one attached hydrogen (secondary N) is 1. The molecule has 1 saturated heterocycles. The van der Waals surface area contributed by atoms with Gasteiger partial charge in [-0.1, -0.05) is 13.3 Å². The van der Waals surface area contributed by atoms with Gasteiger partial charge in [0.15, 0.2) is 0 Å². The SMILES string of the molecule is CCOCCN(CC)CCC1CCCCN1. The number of ether oxygens (including phenoxy) is 1. The summed E-state index contributed by atoms with van der Waals surface area (Å²) in [6, 6.07) is 0.759. The zero-order valence-electron chi connectivity index (χ0n) is 11.0. The first-order valence-electron chi connectivity index (χ1n) is 6.90. The van der Waals surface area contributed by atoms with Gasteiger partial charge in [0.1, 0.15) is 0 Å². The van der Waals surface area contributed by atoms with Gasteiger partial charge in [0.2, 0.25) is 0 Å². The molecule has 1 aliphatic rings. The van der Waals surface area contributed by atoms with Crippen LogP contribution >= 0.6 is 0 Å². The molecular formula is C13H28N2O. The van der Waals surface area contributed by atoms with Crippen molar-refractivity contribution in [3.63, 3.8) is 0 Å². The molecule has 0 radical (unpaired) electrons. The molecular weight excluding hydrogens is 200 g/mol. The second-order valence-electron chi connectivity index (χ2n) is 4.57. The van der Waals surface area contributed by atoms with Gasteiger partial charge >= 0.3 is 0 Å². The summed E-state index contributed by atoms with van der Waals surface area (Å²) >= 11 is 0. The van der Waals surface area contributed by atoms with Crippen LogP contribution in [-0.2, 0) is 4.74 Å². The van der Waals surface area contributed by atoms with Crippen LogP contribution in [0.2, 0.25) is 0 Å². The lowest BCUT2D eigenvalue weighted by atomic mass is 10.0. The molecule has 96 valence electrons. The highest BCUT2D eigenvalue weighted by Gasteiger charge is 2.13. The minimum absolute atomic E-state index is 0.759. The second kappa shape index (κ2) is 8.97. The van der Waals surface area contributed by atoms with Crippen molar-refractivity contribution in [1.29, 1.82) is 0 Å². The fraction of sp³-hybridized carbons (Fsp3) is 1.00. The Labute approximate surface area is 101 Å². The number of likely N-dealkylation sites (N-methyl/N-ethyl adjacent to an activating group) is 1. The molecule has 0 amide bonds. The summed E-state index contributed by atoms with van der Waals surface area (Å²) in [6.45, 7) is 10.7. The van der Waals surface area contributed by atoms with Gasteiger partial charge in [-0.05, 0) is 45.8 Å². The number of nitrogens with zero attached hydrogens (tertiary/aromatic N) is 1. The Kier molecular flexibility index (Phi) is 7.81. The summed E-state index contributed by atoms with van der Waals surface area (Å²) in [5.74, 6) is 0. The van der Waals surface area contributed by atoms with Crippen molar-refractivity contribution in [2.75, 3.05) is 39.4 Å². The molecule has 1 aliphatic heterocycles.